The van der Waals surface area contributed by atoms with Crippen LogP contribution in [0.4, 0.5) is 11.4 Å². The Kier molecular flexibility index (Phi) is 7.68. The monoisotopic (exact) mass is 484 g/mol. The van der Waals surface area contributed by atoms with Gasteiger partial charge in [-0.1, -0.05) is 18.2 Å². The summed E-state index contributed by atoms with van der Waals surface area (Å²) in [5.74, 6) is 0.601. The Morgan fingerprint density at radius 1 is 0.853 bits per heavy atom. The van der Waals surface area contributed by atoms with Crippen LogP contribution in [-0.2, 0) is 14.8 Å². The number of nitrogens with one attached hydrogen (secondary N) is 1. The molecule has 0 heterocycles. The summed E-state index contributed by atoms with van der Waals surface area (Å²) in [7, 11) is 0.248. The lowest BCUT2D eigenvalue weighted by atomic mass is 10.2. The molecule has 0 bridgehead atoms. The average Bonchev–Trinajstić information content (AvgIpc) is 2.82. The summed E-state index contributed by atoms with van der Waals surface area (Å²) in [5, 5.41) is 2.73. The van der Waals surface area contributed by atoms with Crippen molar-refractivity contribution in [2.75, 3.05) is 37.5 Å². The van der Waals surface area contributed by atoms with E-state index in [0.29, 0.717) is 22.9 Å². The molecule has 0 unspecified atom stereocenters. The molecular formula is C25H28N2O6S. The molecule has 3 aromatic rings. The van der Waals surface area contributed by atoms with Gasteiger partial charge in [0.2, 0.25) is 5.91 Å². The van der Waals surface area contributed by atoms with Crippen LogP contribution in [0.25, 0.3) is 0 Å². The van der Waals surface area contributed by atoms with Crippen molar-refractivity contribution in [1.29, 1.82) is 0 Å². The van der Waals surface area contributed by atoms with E-state index >= 15 is 0 Å². The van der Waals surface area contributed by atoms with Crippen molar-refractivity contribution in [2.45, 2.75) is 18.7 Å². The van der Waals surface area contributed by atoms with Gasteiger partial charge in [-0.2, -0.15) is 0 Å². The first kappa shape index (κ1) is 24.9. The fourth-order valence-electron chi connectivity index (χ4n) is 3.42. The molecule has 0 atom stereocenters. The highest BCUT2D eigenvalue weighted by atomic mass is 32.2. The van der Waals surface area contributed by atoms with Gasteiger partial charge in [0.25, 0.3) is 10.0 Å². The van der Waals surface area contributed by atoms with Gasteiger partial charge in [0.15, 0.2) is 0 Å². The molecule has 3 rings (SSSR count). The third-order valence-electron chi connectivity index (χ3n) is 5.15. The van der Waals surface area contributed by atoms with Crippen LogP contribution in [0, 0.1) is 13.8 Å². The number of hydrogen-bond acceptors (Lipinski definition) is 6. The highest BCUT2D eigenvalue weighted by Crippen LogP contribution is 2.32. The number of sulfonamides is 1. The summed E-state index contributed by atoms with van der Waals surface area (Å²) in [5.41, 5.74) is 2.35. The van der Waals surface area contributed by atoms with Gasteiger partial charge in [0.1, 0.15) is 28.7 Å². The minimum absolute atomic E-state index is 0.0219. The van der Waals surface area contributed by atoms with Gasteiger partial charge < -0.3 is 19.5 Å². The number of carbonyl (C=O) groups is 1. The topological polar surface area (TPSA) is 94.2 Å². The Bertz CT molecular complexity index is 1290. The lowest BCUT2D eigenvalue weighted by molar-refractivity contribution is -0.114. The zero-order chi connectivity index (χ0) is 24.9. The normalized spacial score (nSPS) is 11.0. The van der Waals surface area contributed by atoms with Crippen molar-refractivity contribution in [3.8, 4) is 17.2 Å². The van der Waals surface area contributed by atoms with Gasteiger partial charge in [0, 0.05) is 6.07 Å². The maximum Gasteiger partial charge on any atom is 0.268 e. The van der Waals surface area contributed by atoms with Crippen LogP contribution >= 0.6 is 0 Å². The van der Waals surface area contributed by atoms with Gasteiger partial charge in [-0.15, -0.1) is 0 Å². The number of aryl methyl sites for hydroxylation is 2. The molecule has 180 valence electrons. The standard InChI is InChI=1S/C25H28N2O6S/c1-17-7-6-8-19(13-17)27(34(29,30)24-14-18(2)9-12-22(24)32-4)16-25(28)26-21-11-10-20(31-3)15-23(21)33-5/h6-15H,16H2,1-5H3,(H,26,28). The van der Waals surface area contributed by atoms with Crippen molar-refractivity contribution >= 4 is 27.3 Å². The van der Waals surface area contributed by atoms with E-state index in [4.69, 9.17) is 14.2 Å². The predicted octanol–water partition coefficient (Wildman–Crippen LogP) is 4.16. The van der Waals surface area contributed by atoms with E-state index in [1.165, 1.54) is 27.4 Å². The summed E-state index contributed by atoms with van der Waals surface area (Å²) >= 11 is 0. The largest absolute Gasteiger partial charge is 0.497 e. The first-order chi connectivity index (χ1) is 16.2. The molecule has 0 aliphatic carbocycles. The zero-order valence-electron chi connectivity index (χ0n) is 19.8. The zero-order valence-corrected chi connectivity index (χ0v) is 20.6. The quantitative estimate of drug-likeness (QED) is 0.490. The third-order valence-corrected chi connectivity index (χ3v) is 6.94. The number of hydrogen-bond donors (Lipinski definition) is 1. The SMILES string of the molecule is COc1ccc(NC(=O)CN(c2cccc(C)c2)S(=O)(=O)c2cc(C)ccc2OC)c(OC)c1. The van der Waals surface area contributed by atoms with Crippen LogP contribution in [0.3, 0.4) is 0 Å². The molecular weight excluding hydrogens is 456 g/mol. The van der Waals surface area contributed by atoms with E-state index in [1.807, 2.05) is 13.0 Å². The lowest BCUT2D eigenvalue weighted by Gasteiger charge is -2.25. The Morgan fingerprint density at radius 2 is 1.56 bits per heavy atom. The van der Waals surface area contributed by atoms with Gasteiger partial charge >= 0.3 is 0 Å². The number of amides is 1. The number of ether oxygens (including phenoxy) is 3. The average molecular weight is 485 g/mol. The molecule has 1 amide bonds. The Balaban J connectivity index is 2.01. The molecule has 0 aliphatic heterocycles. The van der Waals surface area contributed by atoms with Crippen LogP contribution in [0.2, 0.25) is 0 Å². The lowest BCUT2D eigenvalue weighted by Crippen LogP contribution is -2.38. The Morgan fingerprint density at radius 3 is 2.21 bits per heavy atom. The Labute approximate surface area is 200 Å². The molecule has 0 radical (unpaired) electrons. The van der Waals surface area contributed by atoms with Crippen LogP contribution in [0.5, 0.6) is 17.2 Å². The summed E-state index contributed by atoms with van der Waals surface area (Å²) < 4.78 is 44.5. The van der Waals surface area contributed by atoms with Crippen molar-refractivity contribution < 1.29 is 27.4 Å². The van der Waals surface area contributed by atoms with Crippen LogP contribution < -0.4 is 23.8 Å². The second-order valence-corrected chi connectivity index (χ2v) is 9.45. The van der Waals surface area contributed by atoms with Crippen molar-refractivity contribution in [1.82, 2.24) is 0 Å². The molecule has 0 saturated carbocycles. The number of anilines is 2. The molecule has 34 heavy (non-hydrogen) atoms. The van der Waals surface area contributed by atoms with E-state index in [1.54, 1.807) is 55.5 Å². The predicted molar refractivity (Wildman–Crippen MR) is 132 cm³/mol. The van der Waals surface area contributed by atoms with Crippen molar-refractivity contribution in [3.05, 3.63) is 71.8 Å². The molecule has 3 aromatic carbocycles. The van der Waals surface area contributed by atoms with Crippen LogP contribution in [0.1, 0.15) is 11.1 Å². The first-order valence-corrected chi connectivity index (χ1v) is 11.9. The number of benzene rings is 3. The second-order valence-electron chi connectivity index (χ2n) is 7.62. The highest BCUT2D eigenvalue weighted by Gasteiger charge is 2.30. The Hall–Kier alpha value is -3.72. The number of rotatable bonds is 9. The number of nitrogens with zero attached hydrogens (tertiary/aromatic N) is 1. The fourth-order valence-corrected chi connectivity index (χ4v) is 5.08. The van der Waals surface area contributed by atoms with Gasteiger partial charge in [-0.3, -0.25) is 9.10 Å². The molecule has 0 aliphatic rings. The number of methoxy groups -OCH3 is 3. The molecule has 0 aromatic heterocycles. The van der Waals surface area contributed by atoms with E-state index in [0.717, 1.165) is 15.4 Å². The fraction of sp³-hybridized carbons (Fsp3) is 0.240. The molecule has 0 fully saturated rings. The van der Waals surface area contributed by atoms with Gasteiger partial charge in [-0.05, 0) is 61.4 Å². The molecule has 0 spiro atoms. The highest BCUT2D eigenvalue weighted by molar-refractivity contribution is 7.93. The molecule has 8 nitrogen and oxygen atoms in total. The number of carbonyl (C=O) groups excluding carboxylic acids is 1. The maximum atomic E-state index is 13.8. The van der Waals surface area contributed by atoms with Crippen molar-refractivity contribution in [2.24, 2.45) is 0 Å². The molecule has 0 saturated heterocycles. The summed E-state index contributed by atoms with van der Waals surface area (Å²) in [4.78, 5) is 13.0. The third kappa shape index (κ3) is 5.43. The van der Waals surface area contributed by atoms with E-state index in [-0.39, 0.29) is 10.6 Å². The van der Waals surface area contributed by atoms with Crippen molar-refractivity contribution in [3.63, 3.8) is 0 Å². The maximum absolute atomic E-state index is 13.8. The molecule has 1 N–H and O–H groups in total. The van der Waals surface area contributed by atoms with Crippen LogP contribution in [0.15, 0.2) is 65.6 Å². The van der Waals surface area contributed by atoms with Gasteiger partial charge in [0.05, 0.1) is 32.7 Å². The van der Waals surface area contributed by atoms with E-state index in [9.17, 15) is 13.2 Å². The van der Waals surface area contributed by atoms with Gasteiger partial charge in [-0.25, -0.2) is 8.42 Å². The smallest absolute Gasteiger partial charge is 0.268 e. The summed E-state index contributed by atoms with van der Waals surface area (Å²) in [6, 6.07) is 16.8. The molecule has 9 heteroatoms. The first-order valence-electron chi connectivity index (χ1n) is 10.5. The minimum atomic E-state index is -4.15. The van der Waals surface area contributed by atoms with E-state index < -0.39 is 22.5 Å². The van der Waals surface area contributed by atoms with Crippen LogP contribution in [-0.4, -0.2) is 42.2 Å². The second kappa shape index (κ2) is 10.5. The van der Waals surface area contributed by atoms with E-state index in [2.05, 4.69) is 5.32 Å². The summed E-state index contributed by atoms with van der Waals surface area (Å²) in [6.07, 6.45) is 0. The minimum Gasteiger partial charge on any atom is -0.497 e. The summed E-state index contributed by atoms with van der Waals surface area (Å²) in [6.45, 7) is 3.18.